The molecule has 1 amide bonds. The van der Waals surface area contributed by atoms with E-state index in [9.17, 15) is 18.0 Å². The van der Waals surface area contributed by atoms with Crippen molar-refractivity contribution in [3.8, 4) is 0 Å². The zero-order chi connectivity index (χ0) is 26.7. The molecule has 3 aromatic rings. The first-order chi connectivity index (χ1) is 17.6. The smallest absolute Gasteiger partial charge is 0.253 e. The Morgan fingerprint density at radius 2 is 1.76 bits per heavy atom. The Kier molecular flexibility index (Phi) is 8.13. The standard InChI is InChI=1S/C26H31F3N6O2/c1-16(31-18-13-20(27)24(29)21(28)14-18)19-11-17(26(36)34(4)6-5-33(2)3)12-22-25(19)32-23(15-30-22)35-7-9-37-10-8-35/h11-16,31H,5-10H2,1-4H3. The van der Waals surface area contributed by atoms with E-state index in [1.807, 2.05) is 19.0 Å². The van der Waals surface area contributed by atoms with Crippen molar-refractivity contribution in [3.05, 3.63) is 59.0 Å². The predicted molar refractivity (Wildman–Crippen MR) is 136 cm³/mol. The molecule has 0 spiro atoms. The maximum absolute atomic E-state index is 13.8. The van der Waals surface area contributed by atoms with Crippen LogP contribution in [0.5, 0.6) is 0 Å². The van der Waals surface area contributed by atoms with E-state index in [-0.39, 0.29) is 11.6 Å². The number of amides is 1. The van der Waals surface area contributed by atoms with Crippen molar-refractivity contribution >= 4 is 28.4 Å². The second kappa shape index (κ2) is 11.3. The maximum Gasteiger partial charge on any atom is 0.253 e. The minimum absolute atomic E-state index is 0.0640. The van der Waals surface area contributed by atoms with E-state index in [1.165, 1.54) is 0 Å². The number of nitrogens with one attached hydrogen (secondary N) is 1. The van der Waals surface area contributed by atoms with E-state index in [1.54, 1.807) is 37.2 Å². The minimum atomic E-state index is -1.53. The first-order valence-corrected chi connectivity index (χ1v) is 12.1. The van der Waals surface area contributed by atoms with Gasteiger partial charge in [0.1, 0.15) is 5.82 Å². The van der Waals surface area contributed by atoms with Gasteiger partial charge in [-0.1, -0.05) is 0 Å². The zero-order valence-electron chi connectivity index (χ0n) is 21.4. The van der Waals surface area contributed by atoms with Crippen molar-refractivity contribution in [1.29, 1.82) is 0 Å². The van der Waals surface area contributed by atoms with Gasteiger partial charge in [0.05, 0.1) is 36.5 Å². The number of nitrogens with zero attached hydrogens (tertiary/aromatic N) is 5. The van der Waals surface area contributed by atoms with Gasteiger partial charge in [0, 0.05) is 62.2 Å². The second-order valence-corrected chi connectivity index (χ2v) is 9.41. The minimum Gasteiger partial charge on any atom is -0.378 e. The van der Waals surface area contributed by atoms with Crippen LogP contribution >= 0.6 is 0 Å². The van der Waals surface area contributed by atoms with Crippen molar-refractivity contribution in [2.45, 2.75) is 13.0 Å². The van der Waals surface area contributed by atoms with Crippen LogP contribution < -0.4 is 10.2 Å². The highest BCUT2D eigenvalue weighted by Gasteiger charge is 2.21. The largest absolute Gasteiger partial charge is 0.378 e. The normalized spacial score (nSPS) is 14.8. The Morgan fingerprint density at radius 1 is 1.08 bits per heavy atom. The summed E-state index contributed by atoms with van der Waals surface area (Å²) in [6, 6.07) is 4.68. The van der Waals surface area contributed by atoms with Crippen LogP contribution in [0.3, 0.4) is 0 Å². The van der Waals surface area contributed by atoms with E-state index < -0.39 is 23.5 Å². The van der Waals surface area contributed by atoms with Gasteiger partial charge in [0.15, 0.2) is 17.5 Å². The van der Waals surface area contributed by atoms with E-state index in [2.05, 4.69) is 15.2 Å². The molecule has 0 bridgehead atoms. The topological polar surface area (TPSA) is 73.8 Å². The molecule has 1 atom stereocenters. The highest BCUT2D eigenvalue weighted by Crippen LogP contribution is 2.30. The Balaban J connectivity index is 1.74. The lowest BCUT2D eigenvalue weighted by Crippen LogP contribution is -2.36. The van der Waals surface area contributed by atoms with E-state index >= 15 is 0 Å². The molecular weight excluding hydrogens is 485 g/mol. The molecule has 0 saturated carbocycles. The average molecular weight is 517 g/mol. The van der Waals surface area contributed by atoms with E-state index in [0.29, 0.717) is 67.4 Å². The van der Waals surface area contributed by atoms with Crippen LogP contribution in [0.4, 0.5) is 24.7 Å². The summed E-state index contributed by atoms with van der Waals surface area (Å²) in [5.41, 5.74) is 2.18. The van der Waals surface area contributed by atoms with Crippen molar-refractivity contribution in [2.24, 2.45) is 0 Å². The third-order valence-electron chi connectivity index (χ3n) is 6.31. The van der Waals surface area contributed by atoms with Gasteiger partial charge in [-0.2, -0.15) is 0 Å². The third kappa shape index (κ3) is 6.11. The maximum atomic E-state index is 13.8. The number of likely N-dealkylation sites (N-methyl/N-ethyl adjacent to an activating group) is 2. The molecule has 1 aliphatic heterocycles. The lowest BCUT2D eigenvalue weighted by atomic mass is 10.0. The van der Waals surface area contributed by atoms with Crippen LogP contribution in [-0.4, -0.2) is 86.2 Å². The highest BCUT2D eigenvalue weighted by atomic mass is 19.2. The number of anilines is 2. The number of benzene rings is 2. The van der Waals surface area contributed by atoms with E-state index in [0.717, 1.165) is 12.1 Å². The number of carbonyl (C=O) groups excluding carboxylic acids is 1. The number of ether oxygens (including phenoxy) is 1. The fraction of sp³-hybridized carbons (Fsp3) is 0.423. The predicted octanol–water partition coefficient (Wildman–Crippen LogP) is 3.69. The summed E-state index contributed by atoms with van der Waals surface area (Å²) in [5.74, 6) is -3.63. The van der Waals surface area contributed by atoms with Gasteiger partial charge in [0.2, 0.25) is 0 Å². The number of halogens is 3. The van der Waals surface area contributed by atoms with Crippen LogP contribution in [0, 0.1) is 17.5 Å². The SMILES string of the molecule is CC(Nc1cc(F)c(F)c(F)c1)c1cc(C(=O)N(C)CCN(C)C)cc2ncc(N3CCOCC3)nc12. The number of morpholine rings is 1. The quantitative estimate of drug-likeness (QED) is 0.458. The van der Waals surface area contributed by atoms with Gasteiger partial charge in [-0.05, 0) is 33.2 Å². The van der Waals surface area contributed by atoms with Crippen LogP contribution in [0.2, 0.25) is 0 Å². The summed E-state index contributed by atoms with van der Waals surface area (Å²) in [7, 11) is 5.60. The van der Waals surface area contributed by atoms with Gasteiger partial charge in [-0.3, -0.25) is 9.78 Å². The van der Waals surface area contributed by atoms with Crippen LogP contribution in [0.25, 0.3) is 11.0 Å². The number of carbonyl (C=O) groups is 1. The Labute approximate surface area is 214 Å². The summed E-state index contributed by atoms with van der Waals surface area (Å²) < 4.78 is 46.6. The molecular formula is C26H31F3N6O2. The summed E-state index contributed by atoms with van der Waals surface area (Å²) in [6.45, 7) is 5.52. The molecule has 11 heteroatoms. The number of fused-ring (bicyclic) bond motifs is 1. The fourth-order valence-corrected chi connectivity index (χ4v) is 4.17. The molecule has 8 nitrogen and oxygen atoms in total. The number of aromatic nitrogens is 2. The number of hydrogen-bond acceptors (Lipinski definition) is 7. The van der Waals surface area contributed by atoms with Crippen molar-refractivity contribution in [1.82, 2.24) is 19.8 Å². The molecule has 4 rings (SSSR count). The molecule has 0 radical (unpaired) electrons. The van der Waals surface area contributed by atoms with Gasteiger partial charge in [0.25, 0.3) is 5.91 Å². The van der Waals surface area contributed by atoms with Gasteiger partial charge >= 0.3 is 0 Å². The average Bonchev–Trinajstić information content (AvgIpc) is 2.89. The molecule has 1 aromatic heterocycles. The molecule has 1 unspecified atom stereocenters. The van der Waals surface area contributed by atoms with Gasteiger partial charge in [-0.25, -0.2) is 18.2 Å². The molecule has 1 fully saturated rings. The summed E-state index contributed by atoms with van der Waals surface area (Å²) >= 11 is 0. The molecule has 37 heavy (non-hydrogen) atoms. The molecule has 1 aliphatic rings. The molecule has 1 N–H and O–H groups in total. The van der Waals surface area contributed by atoms with Gasteiger partial charge in [-0.15, -0.1) is 0 Å². The summed E-state index contributed by atoms with van der Waals surface area (Å²) in [5, 5.41) is 3.01. The van der Waals surface area contributed by atoms with Crippen LogP contribution in [0.15, 0.2) is 30.5 Å². The zero-order valence-corrected chi connectivity index (χ0v) is 21.4. The monoisotopic (exact) mass is 516 g/mol. The first kappa shape index (κ1) is 26.6. The Hall–Kier alpha value is -3.44. The summed E-state index contributed by atoms with van der Waals surface area (Å²) in [4.78, 5) is 28.4. The fourth-order valence-electron chi connectivity index (χ4n) is 4.17. The molecule has 0 aliphatic carbocycles. The number of hydrogen-bond donors (Lipinski definition) is 1. The Morgan fingerprint density at radius 3 is 2.41 bits per heavy atom. The lowest BCUT2D eigenvalue weighted by Gasteiger charge is -2.28. The van der Waals surface area contributed by atoms with Crippen molar-refractivity contribution < 1.29 is 22.7 Å². The molecule has 1 saturated heterocycles. The van der Waals surface area contributed by atoms with Crippen LogP contribution in [0.1, 0.15) is 28.9 Å². The van der Waals surface area contributed by atoms with Crippen molar-refractivity contribution in [2.75, 3.05) is 70.8 Å². The first-order valence-electron chi connectivity index (χ1n) is 12.1. The van der Waals surface area contributed by atoms with Crippen molar-refractivity contribution in [3.63, 3.8) is 0 Å². The second-order valence-electron chi connectivity index (χ2n) is 9.41. The third-order valence-corrected chi connectivity index (χ3v) is 6.31. The highest BCUT2D eigenvalue weighted by molar-refractivity contribution is 5.98. The number of rotatable bonds is 8. The Bertz CT molecular complexity index is 1260. The van der Waals surface area contributed by atoms with Gasteiger partial charge < -0.3 is 24.8 Å². The summed E-state index contributed by atoms with van der Waals surface area (Å²) in [6.07, 6.45) is 1.67. The van der Waals surface area contributed by atoms with E-state index in [4.69, 9.17) is 9.72 Å². The molecule has 2 heterocycles. The lowest BCUT2D eigenvalue weighted by molar-refractivity contribution is 0.0786. The molecule has 2 aromatic carbocycles. The molecule has 198 valence electrons. The van der Waals surface area contributed by atoms with Crippen LogP contribution in [-0.2, 0) is 4.74 Å².